The van der Waals surface area contributed by atoms with Crippen molar-refractivity contribution in [3.8, 4) is 0 Å². The number of nitrogens with zero attached hydrogens (tertiary/aromatic N) is 3. The van der Waals surface area contributed by atoms with Gasteiger partial charge in [0.05, 0.1) is 22.8 Å². The van der Waals surface area contributed by atoms with Crippen LogP contribution in [0.2, 0.25) is 0 Å². The number of carbonyl (C=O) groups excluding carboxylic acids is 1. The molecule has 0 atom stereocenters. The van der Waals surface area contributed by atoms with E-state index in [4.69, 9.17) is 4.74 Å². The first-order valence-electron chi connectivity index (χ1n) is 5.56. The Labute approximate surface area is 110 Å². The SMILES string of the molecule is C=C(c1ncc(C(=O)OCC)cc1[N+](=O)[O-])N(C)C. The van der Waals surface area contributed by atoms with Crippen LogP contribution in [0, 0.1) is 10.1 Å². The Morgan fingerprint density at radius 1 is 1.58 bits per heavy atom. The van der Waals surface area contributed by atoms with Gasteiger partial charge < -0.3 is 9.64 Å². The molecular weight excluding hydrogens is 250 g/mol. The third-order valence-corrected chi connectivity index (χ3v) is 2.39. The van der Waals surface area contributed by atoms with Crippen molar-refractivity contribution in [2.24, 2.45) is 0 Å². The summed E-state index contributed by atoms with van der Waals surface area (Å²) in [5.74, 6) is -0.639. The van der Waals surface area contributed by atoms with Gasteiger partial charge in [-0.3, -0.25) is 10.1 Å². The number of carbonyl (C=O) groups is 1. The first-order valence-corrected chi connectivity index (χ1v) is 5.56. The lowest BCUT2D eigenvalue weighted by Gasteiger charge is -2.15. The van der Waals surface area contributed by atoms with Gasteiger partial charge in [0.15, 0.2) is 5.69 Å². The summed E-state index contributed by atoms with van der Waals surface area (Å²) in [6, 6.07) is 1.15. The highest BCUT2D eigenvalue weighted by Gasteiger charge is 2.22. The summed E-state index contributed by atoms with van der Waals surface area (Å²) in [5.41, 5.74) is 0.290. The summed E-state index contributed by atoms with van der Waals surface area (Å²) in [7, 11) is 3.40. The van der Waals surface area contributed by atoms with Gasteiger partial charge in [0.2, 0.25) is 0 Å². The number of ether oxygens (including phenoxy) is 1. The van der Waals surface area contributed by atoms with Gasteiger partial charge >= 0.3 is 5.97 Å². The molecule has 0 amide bonds. The van der Waals surface area contributed by atoms with Gasteiger partial charge in [0.25, 0.3) is 5.69 Å². The molecule has 0 aliphatic rings. The Morgan fingerprint density at radius 3 is 2.68 bits per heavy atom. The number of hydrogen-bond acceptors (Lipinski definition) is 6. The smallest absolute Gasteiger partial charge is 0.339 e. The molecule has 7 nitrogen and oxygen atoms in total. The summed E-state index contributed by atoms with van der Waals surface area (Å²) in [6.07, 6.45) is 1.25. The van der Waals surface area contributed by atoms with Crippen LogP contribution < -0.4 is 0 Å². The second-order valence-corrected chi connectivity index (χ2v) is 3.91. The number of esters is 1. The van der Waals surface area contributed by atoms with Gasteiger partial charge in [-0.1, -0.05) is 6.58 Å². The normalized spacial score (nSPS) is 9.84. The van der Waals surface area contributed by atoms with Crippen LogP contribution >= 0.6 is 0 Å². The fraction of sp³-hybridized carbons (Fsp3) is 0.333. The Morgan fingerprint density at radius 2 is 2.21 bits per heavy atom. The molecule has 0 aliphatic carbocycles. The third kappa shape index (κ3) is 3.27. The average Bonchev–Trinajstić information content (AvgIpc) is 2.37. The van der Waals surface area contributed by atoms with E-state index in [0.29, 0.717) is 5.70 Å². The number of hydrogen-bond donors (Lipinski definition) is 0. The van der Waals surface area contributed by atoms with Crippen molar-refractivity contribution in [1.29, 1.82) is 0 Å². The lowest BCUT2D eigenvalue weighted by molar-refractivity contribution is -0.385. The van der Waals surface area contributed by atoms with E-state index in [1.54, 1.807) is 25.9 Å². The number of aromatic nitrogens is 1. The first kappa shape index (κ1) is 14.6. The van der Waals surface area contributed by atoms with E-state index in [1.165, 1.54) is 6.20 Å². The molecule has 0 fully saturated rings. The topological polar surface area (TPSA) is 85.6 Å². The molecule has 1 aromatic rings. The van der Waals surface area contributed by atoms with Crippen LogP contribution in [0.3, 0.4) is 0 Å². The molecule has 102 valence electrons. The van der Waals surface area contributed by atoms with Crippen molar-refractivity contribution in [3.05, 3.63) is 40.2 Å². The number of pyridine rings is 1. The fourth-order valence-corrected chi connectivity index (χ4v) is 1.35. The minimum absolute atomic E-state index is 0.0452. The molecule has 19 heavy (non-hydrogen) atoms. The van der Waals surface area contributed by atoms with Crippen LogP contribution in [0.25, 0.3) is 5.70 Å². The van der Waals surface area contributed by atoms with Gasteiger partial charge in [-0.2, -0.15) is 0 Å². The zero-order valence-electron chi connectivity index (χ0n) is 11.0. The van der Waals surface area contributed by atoms with E-state index in [9.17, 15) is 14.9 Å². The molecule has 1 rings (SSSR count). The molecule has 0 saturated heterocycles. The molecule has 1 aromatic heterocycles. The maximum Gasteiger partial charge on any atom is 0.339 e. The molecule has 0 bridgehead atoms. The summed E-state index contributed by atoms with van der Waals surface area (Å²) in [4.78, 5) is 27.5. The maximum absolute atomic E-state index is 11.5. The summed E-state index contributed by atoms with van der Waals surface area (Å²) < 4.78 is 4.78. The van der Waals surface area contributed by atoms with E-state index < -0.39 is 10.9 Å². The van der Waals surface area contributed by atoms with Crippen molar-refractivity contribution in [2.75, 3.05) is 20.7 Å². The standard InChI is InChI=1S/C12H15N3O4/c1-5-19-12(16)9-6-10(15(17)18)11(13-7-9)8(2)14(3)4/h6-7H,2,5H2,1,3-4H3. The molecule has 0 saturated carbocycles. The van der Waals surface area contributed by atoms with E-state index in [1.807, 2.05) is 0 Å². The lowest BCUT2D eigenvalue weighted by atomic mass is 10.2. The highest BCUT2D eigenvalue weighted by Crippen LogP contribution is 2.25. The molecule has 0 aliphatic heterocycles. The molecule has 0 N–H and O–H groups in total. The first-order chi connectivity index (χ1) is 8.88. The molecule has 7 heteroatoms. The molecule has 0 aromatic carbocycles. The van der Waals surface area contributed by atoms with Gasteiger partial charge in [-0.25, -0.2) is 9.78 Å². The second kappa shape index (κ2) is 5.94. The largest absolute Gasteiger partial charge is 0.462 e. The van der Waals surface area contributed by atoms with Gasteiger partial charge in [0.1, 0.15) is 0 Å². The molecule has 0 radical (unpaired) electrons. The quantitative estimate of drug-likeness (QED) is 0.457. The highest BCUT2D eigenvalue weighted by atomic mass is 16.6. The number of rotatable bonds is 5. The minimum Gasteiger partial charge on any atom is -0.462 e. The van der Waals surface area contributed by atoms with Gasteiger partial charge in [-0.15, -0.1) is 0 Å². The fourth-order valence-electron chi connectivity index (χ4n) is 1.35. The Kier molecular flexibility index (Phi) is 4.57. The van der Waals surface area contributed by atoms with E-state index in [-0.39, 0.29) is 23.6 Å². The average molecular weight is 265 g/mol. The Balaban J connectivity index is 3.26. The zero-order chi connectivity index (χ0) is 14.6. The maximum atomic E-state index is 11.5. The minimum atomic E-state index is -0.639. The highest BCUT2D eigenvalue weighted by molar-refractivity contribution is 5.90. The van der Waals surface area contributed by atoms with Crippen molar-refractivity contribution in [2.45, 2.75) is 6.92 Å². The predicted molar refractivity (Wildman–Crippen MR) is 69.6 cm³/mol. The Hall–Kier alpha value is -2.44. The van der Waals surface area contributed by atoms with Crippen molar-refractivity contribution in [3.63, 3.8) is 0 Å². The van der Waals surface area contributed by atoms with Gasteiger partial charge in [0, 0.05) is 26.4 Å². The molecule has 0 spiro atoms. The van der Waals surface area contributed by atoms with E-state index in [2.05, 4.69) is 11.6 Å². The molecular formula is C12H15N3O4. The summed E-state index contributed by atoms with van der Waals surface area (Å²) >= 11 is 0. The van der Waals surface area contributed by atoms with Crippen LogP contribution in [-0.2, 0) is 4.74 Å². The van der Waals surface area contributed by atoms with E-state index in [0.717, 1.165) is 6.07 Å². The molecule has 0 unspecified atom stereocenters. The van der Waals surface area contributed by atoms with Crippen molar-refractivity contribution in [1.82, 2.24) is 9.88 Å². The third-order valence-electron chi connectivity index (χ3n) is 2.39. The van der Waals surface area contributed by atoms with Crippen LogP contribution in [0.4, 0.5) is 5.69 Å². The Bertz CT molecular complexity index is 526. The van der Waals surface area contributed by atoms with Crippen molar-refractivity contribution >= 4 is 17.4 Å². The van der Waals surface area contributed by atoms with Crippen LogP contribution in [-0.4, -0.2) is 41.5 Å². The second-order valence-electron chi connectivity index (χ2n) is 3.91. The van der Waals surface area contributed by atoms with Gasteiger partial charge in [-0.05, 0) is 6.92 Å². The predicted octanol–water partition coefficient (Wildman–Crippen LogP) is 1.70. The van der Waals surface area contributed by atoms with Crippen LogP contribution in [0.15, 0.2) is 18.8 Å². The summed E-state index contributed by atoms with van der Waals surface area (Å²) in [5, 5.41) is 11.0. The van der Waals surface area contributed by atoms with Crippen LogP contribution in [0.1, 0.15) is 23.0 Å². The van der Waals surface area contributed by atoms with Crippen LogP contribution in [0.5, 0.6) is 0 Å². The number of nitro groups is 1. The monoisotopic (exact) mass is 265 g/mol. The van der Waals surface area contributed by atoms with E-state index >= 15 is 0 Å². The van der Waals surface area contributed by atoms with Crippen molar-refractivity contribution < 1.29 is 14.5 Å². The lowest BCUT2D eigenvalue weighted by Crippen LogP contribution is -2.13. The molecule has 1 heterocycles. The summed E-state index contributed by atoms with van der Waals surface area (Å²) in [6.45, 7) is 5.57. The zero-order valence-corrected chi connectivity index (χ0v) is 11.0.